The fourth-order valence-corrected chi connectivity index (χ4v) is 4.40. The van der Waals surface area contributed by atoms with Gasteiger partial charge in [-0.1, -0.05) is 62.2 Å². The van der Waals surface area contributed by atoms with E-state index in [4.69, 9.17) is 10.2 Å². The SMILES string of the molecule is Cn1c(-c2cccc(C(C)(C)C)c2O)nc2c(-c3[c-]c(-c4ccc(C#N)cn4)ccc3)cccc21.[Pt]. The number of hydrogen-bond donors (Lipinski definition) is 1. The number of benzene rings is 3. The van der Waals surface area contributed by atoms with Gasteiger partial charge in [0.2, 0.25) is 0 Å². The van der Waals surface area contributed by atoms with Gasteiger partial charge >= 0.3 is 0 Å². The molecule has 0 fully saturated rings. The Morgan fingerprint density at radius 3 is 2.31 bits per heavy atom. The zero-order valence-electron chi connectivity index (χ0n) is 20.5. The van der Waals surface area contributed by atoms with E-state index < -0.39 is 0 Å². The maximum Gasteiger partial charge on any atom is 0.143 e. The number of para-hydroxylation sites is 2. The van der Waals surface area contributed by atoms with Gasteiger partial charge in [-0.3, -0.25) is 4.98 Å². The van der Waals surface area contributed by atoms with Crippen LogP contribution in [0.3, 0.4) is 0 Å². The number of phenols is 1. The van der Waals surface area contributed by atoms with Crippen LogP contribution in [0.2, 0.25) is 0 Å². The number of fused-ring (bicyclic) bond motifs is 1. The molecule has 0 spiro atoms. The molecule has 6 heteroatoms. The van der Waals surface area contributed by atoms with E-state index in [-0.39, 0.29) is 32.2 Å². The Hall–Kier alpha value is -3.74. The molecule has 5 nitrogen and oxygen atoms in total. The van der Waals surface area contributed by atoms with Crippen molar-refractivity contribution in [2.75, 3.05) is 0 Å². The van der Waals surface area contributed by atoms with Gasteiger partial charge in [-0.05, 0) is 29.2 Å². The second-order valence-corrected chi connectivity index (χ2v) is 9.64. The van der Waals surface area contributed by atoms with E-state index in [0.717, 1.165) is 39.0 Å². The molecule has 0 amide bonds. The zero-order valence-corrected chi connectivity index (χ0v) is 22.8. The quantitative estimate of drug-likeness (QED) is 0.222. The molecule has 0 aliphatic rings. The fourth-order valence-electron chi connectivity index (χ4n) is 4.40. The predicted octanol–water partition coefficient (Wildman–Crippen LogP) is 6.64. The number of rotatable bonds is 3. The second-order valence-electron chi connectivity index (χ2n) is 9.64. The van der Waals surface area contributed by atoms with E-state index in [2.05, 4.69) is 37.9 Å². The Balaban J connectivity index is 0.00000304. The Bertz CT molecular complexity index is 1610. The van der Waals surface area contributed by atoms with E-state index in [1.54, 1.807) is 12.3 Å². The van der Waals surface area contributed by atoms with Crippen LogP contribution in [0.4, 0.5) is 0 Å². The molecule has 2 aromatic heterocycles. The van der Waals surface area contributed by atoms with Crippen molar-refractivity contribution in [2.24, 2.45) is 7.05 Å². The Morgan fingerprint density at radius 1 is 0.917 bits per heavy atom. The summed E-state index contributed by atoms with van der Waals surface area (Å²) in [5.41, 5.74) is 7.18. The third-order valence-corrected chi connectivity index (χ3v) is 6.25. The summed E-state index contributed by atoms with van der Waals surface area (Å²) in [5.74, 6) is 0.973. The van der Waals surface area contributed by atoms with Gasteiger partial charge in [0.25, 0.3) is 0 Å². The van der Waals surface area contributed by atoms with Crippen molar-refractivity contribution in [1.82, 2.24) is 14.5 Å². The number of nitriles is 1. The molecule has 182 valence electrons. The summed E-state index contributed by atoms with van der Waals surface area (Å²) in [5, 5.41) is 20.2. The van der Waals surface area contributed by atoms with Crippen LogP contribution in [0.5, 0.6) is 5.75 Å². The first-order valence-corrected chi connectivity index (χ1v) is 11.5. The van der Waals surface area contributed by atoms with Gasteiger partial charge in [0.15, 0.2) is 0 Å². The topological polar surface area (TPSA) is 74.7 Å². The predicted molar refractivity (Wildman–Crippen MR) is 139 cm³/mol. The molecule has 3 aromatic carbocycles. The summed E-state index contributed by atoms with van der Waals surface area (Å²) in [6, 6.07) is 27.0. The molecule has 0 bridgehead atoms. The van der Waals surface area contributed by atoms with E-state index in [9.17, 15) is 5.11 Å². The number of phenolic OH excluding ortho intramolecular Hbond substituents is 1. The average Bonchev–Trinajstić information content (AvgIpc) is 3.20. The van der Waals surface area contributed by atoms with Crippen molar-refractivity contribution in [2.45, 2.75) is 26.2 Å². The summed E-state index contributed by atoms with van der Waals surface area (Å²) < 4.78 is 2.02. The molecule has 2 heterocycles. The number of hydrogen-bond acceptors (Lipinski definition) is 4. The van der Waals surface area contributed by atoms with Crippen molar-refractivity contribution < 1.29 is 26.2 Å². The first-order chi connectivity index (χ1) is 16.8. The third-order valence-electron chi connectivity index (χ3n) is 6.25. The summed E-state index contributed by atoms with van der Waals surface area (Å²) in [6.07, 6.45) is 1.57. The van der Waals surface area contributed by atoms with Gasteiger partial charge in [-0.15, -0.1) is 29.8 Å². The number of pyridine rings is 1. The Morgan fingerprint density at radius 2 is 1.61 bits per heavy atom. The van der Waals surface area contributed by atoms with Gasteiger partial charge in [0.05, 0.1) is 22.2 Å². The molecule has 0 saturated carbocycles. The Kier molecular flexibility index (Phi) is 6.85. The van der Waals surface area contributed by atoms with Crippen molar-refractivity contribution in [1.29, 1.82) is 5.26 Å². The number of aryl methyl sites for hydroxylation is 1. The van der Waals surface area contributed by atoms with Crippen LogP contribution >= 0.6 is 0 Å². The first-order valence-electron chi connectivity index (χ1n) is 11.5. The van der Waals surface area contributed by atoms with Crippen molar-refractivity contribution in [3.63, 3.8) is 0 Å². The smallest absolute Gasteiger partial charge is 0.143 e. The Labute approximate surface area is 225 Å². The van der Waals surface area contributed by atoms with Gasteiger partial charge < -0.3 is 9.67 Å². The van der Waals surface area contributed by atoms with Crippen LogP contribution < -0.4 is 0 Å². The number of nitrogens with zero attached hydrogens (tertiary/aromatic N) is 4. The van der Waals surface area contributed by atoms with E-state index in [1.165, 1.54) is 0 Å². The van der Waals surface area contributed by atoms with Crippen LogP contribution in [-0.4, -0.2) is 19.6 Å². The monoisotopic (exact) mass is 652 g/mol. The van der Waals surface area contributed by atoms with Crippen LogP contribution in [0.25, 0.3) is 44.8 Å². The first kappa shape index (κ1) is 25.4. The molecule has 0 saturated heterocycles. The van der Waals surface area contributed by atoms with Crippen LogP contribution in [0.15, 0.2) is 72.9 Å². The van der Waals surface area contributed by atoms with E-state index >= 15 is 0 Å². The molecule has 0 aliphatic heterocycles. The second kappa shape index (κ2) is 9.72. The largest absolute Gasteiger partial charge is 0.507 e. The summed E-state index contributed by atoms with van der Waals surface area (Å²) in [4.78, 5) is 9.41. The maximum absolute atomic E-state index is 11.1. The van der Waals surface area contributed by atoms with E-state index in [0.29, 0.717) is 17.0 Å². The van der Waals surface area contributed by atoms with Crippen LogP contribution in [-0.2, 0) is 33.5 Å². The number of aromatic nitrogens is 3. The summed E-state index contributed by atoms with van der Waals surface area (Å²) in [7, 11) is 1.97. The molecule has 0 unspecified atom stereocenters. The standard InChI is InChI=1S/C30H25N4O.Pt/c1-30(2,3)24-12-6-11-23(28(24)35)29-33-27-22(10-7-13-26(27)34(29)4)20-8-5-9-21(16-20)25-15-14-19(17-31)18-32-25;/h5-15,18,35H,1-4H3;/q-1;. The molecule has 0 radical (unpaired) electrons. The molecular formula is C30H25N4OPt-. The van der Waals surface area contributed by atoms with E-state index in [1.807, 2.05) is 72.3 Å². The molecule has 5 aromatic rings. The minimum absolute atomic E-state index is 0. The normalized spacial score (nSPS) is 11.2. The molecule has 36 heavy (non-hydrogen) atoms. The maximum atomic E-state index is 11.1. The molecular weight excluding hydrogens is 627 g/mol. The van der Waals surface area contributed by atoms with Crippen molar-refractivity contribution in [3.05, 3.63) is 90.1 Å². The van der Waals surface area contributed by atoms with Gasteiger partial charge in [-0.2, -0.15) is 5.26 Å². The minimum Gasteiger partial charge on any atom is -0.507 e. The summed E-state index contributed by atoms with van der Waals surface area (Å²) in [6.45, 7) is 6.26. The fraction of sp³-hybridized carbons (Fsp3) is 0.167. The summed E-state index contributed by atoms with van der Waals surface area (Å²) >= 11 is 0. The molecule has 1 N–H and O–H groups in total. The van der Waals surface area contributed by atoms with Gasteiger partial charge in [0.1, 0.15) is 17.6 Å². The van der Waals surface area contributed by atoms with Gasteiger partial charge in [-0.25, -0.2) is 4.98 Å². The average molecular weight is 653 g/mol. The zero-order chi connectivity index (χ0) is 24.7. The molecule has 5 rings (SSSR count). The third kappa shape index (κ3) is 4.45. The van der Waals surface area contributed by atoms with Crippen molar-refractivity contribution in [3.8, 4) is 45.6 Å². The van der Waals surface area contributed by atoms with Crippen LogP contribution in [0.1, 0.15) is 31.9 Å². The van der Waals surface area contributed by atoms with Crippen LogP contribution in [0, 0.1) is 17.4 Å². The number of imidazole rings is 1. The molecule has 0 atom stereocenters. The van der Waals surface area contributed by atoms with Crippen molar-refractivity contribution >= 4 is 11.0 Å². The number of aromatic hydroxyl groups is 1. The van der Waals surface area contributed by atoms with Gasteiger partial charge in [0, 0.05) is 40.0 Å². The molecule has 0 aliphatic carbocycles. The minimum atomic E-state index is -0.190.